The van der Waals surface area contributed by atoms with Gasteiger partial charge in [0.25, 0.3) is 11.1 Å². The van der Waals surface area contributed by atoms with E-state index >= 15 is 0 Å². The summed E-state index contributed by atoms with van der Waals surface area (Å²) in [5, 5.41) is 12.7. The lowest BCUT2D eigenvalue weighted by Gasteiger charge is -2.34. The molecule has 0 radical (unpaired) electrons. The van der Waals surface area contributed by atoms with Crippen LogP contribution in [0.15, 0.2) is 82.9 Å². The molecule has 2 aliphatic rings. The fourth-order valence-electron chi connectivity index (χ4n) is 8.27. The summed E-state index contributed by atoms with van der Waals surface area (Å²) in [6.07, 6.45) is 11.4. The standard InChI is InChI=1S/C23H27N7O.C22H25N7O/c1-4-5-18-21-12-20(26-30(21)14-16(2)24-18)19-13-23(31)29-15-17(6-7-22(29)25-19)28-10-8-27(3)9-11-28;1-3-4-17-20-11-19(26-29(20)13-15(2)24-17)18-12-22(30)28-14-16(5-6-21(28)25-18)27-9-7-23-8-10-27/h6-7,12-15H,4-5,8-11H2,1-3H3;5-6,11-14,23H,3-4,7-10H2,1-2H3. The average Bonchev–Trinajstić information content (AvgIpc) is 3.90. The maximum Gasteiger partial charge on any atom is 0.258 e. The fourth-order valence-corrected chi connectivity index (χ4v) is 8.27. The first-order valence-electron chi connectivity index (χ1n) is 21.3. The van der Waals surface area contributed by atoms with Gasteiger partial charge in [0.15, 0.2) is 0 Å². The smallest absolute Gasteiger partial charge is 0.258 e. The van der Waals surface area contributed by atoms with E-state index in [1.807, 2.05) is 84.1 Å². The third kappa shape index (κ3) is 8.20. The Morgan fingerprint density at radius 2 is 1.02 bits per heavy atom. The van der Waals surface area contributed by atoms with Crippen molar-refractivity contribution in [2.24, 2.45) is 0 Å². The number of rotatable bonds is 8. The molecule has 0 unspecified atom stereocenters. The quantitative estimate of drug-likeness (QED) is 0.230. The van der Waals surface area contributed by atoms with Gasteiger partial charge in [0, 0.05) is 76.9 Å². The Morgan fingerprint density at radius 1 is 0.557 bits per heavy atom. The van der Waals surface area contributed by atoms with Gasteiger partial charge in [-0.15, -0.1) is 0 Å². The van der Waals surface area contributed by atoms with Crippen LogP contribution in [0.4, 0.5) is 11.4 Å². The Bertz CT molecular complexity index is 3010. The van der Waals surface area contributed by atoms with Crippen LogP contribution in [0.5, 0.6) is 0 Å². The van der Waals surface area contributed by atoms with Gasteiger partial charge in [-0.1, -0.05) is 26.7 Å². The number of hydrogen-bond acceptors (Lipinski definition) is 12. The van der Waals surface area contributed by atoms with Crippen LogP contribution in [-0.2, 0) is 12.8 Å². The Kier molecular flexibility index (Phi) is 11.0. The number of aromatic nitrogens is 10. The SMILES string of the molecule is CCCc1nc(C)cn2nc(-c3cc(=O)n4cc(N5CCN(C)CC5)ccc4n3)cc12.CCCc1nc(C)cn2nc(-c3cc(=O)n4cc(N5CCNCC5)ccc4n3)cc12. The lowest BCUT2D eigenvalue weighted by molar-refractivity contribution is 0.313. The molecule has 1 N–H and O–H groups in total. The number of likely N-dealkylation sites (N-methyl/N-ethyl adjacent to an activating group) is 1. The number of hydrogen-bond donors (Lipinski definition) is 1. The molecule has 8 aromatic heterocycles. The number of nitrogens with one attached hydrogen (secondary N) is 1. The first kappa shape index (κ1) is 39.9. The molecule has 16 nitrogen and oxygen atoms in total. The molecule has 0 spiro atoms. The molecule has 0 saturated carbocycles. The molecule has 0 aliphatic carbocycles. The van der Waals surface area contributed by atoms with Gasteiger partial charge in [-0.05, 0) is 70.1 Å². The Balaban J connectivity index is 0.000000156. The van der Waals surface area contributed by atoms with E-state index in [1.54, 1.807) is 20.9 Å². The van der Waals surface area contributed by atoms with Gasteiger partial charge in [0.05, 0.1) is 69.0 Å². The number of piperazine rings is 2. The fraction of sp³-hybridized carbons (Fsp3) is 0.378. The second kappa shape index (κ2) is 16.9. The topological polar surface area (TPSA) is 151 Å². The number of pyridine rings is 2. The van der Waals surface area contributed by atoms with E-state index in [2.05, 4.69) is 61.1 Å². The highest BCUT2D eigenvalue weighted by Crippen LogP contribution is 2.24. The summed E-state index contributed by atoms with van der Waals surface area (Å²) in [5.41, 5.74) is 11.5. The molecule has 8 aromatic rings. The van der Waals surface area contributed by atoms with Crippen molar-refractivity contribution in [2.45, 2.75) is 53.4 Å². The number of nitrogens with zero attached hydrogens (tertiary/aromatic N) is 13. The van der Waals surface area contributed by atoms with Crippen molar-refractivity contribution in [3.8, 4) is 22.8 Å². The van der Waals surface area contributed by atoms with Crippen molar-refractivity contribution in [3.05, 3.63) is 117 Å². The Hall–Kier alpha value is -6.52. The zero-order valence-corrected chi connectivity index (χ0v) is 35.5. The van der Waals surface area contributed by atoms with Crippen molar-refractivity contribution in [1.29, 1.82) is 0 Å². The zero-order valence-electron chi connectivity index (χ0n) is 35.5. The molecule has 16 heteroatoms. The number of anilines is 2. The molecule has 0 atom stereocenters. The van der Waals surface area contributed by atoms with Gasteiger partial charge < -0.3 is 20.0 Å². The van der Waals surface area contributed by atoms with Gasteiger partial charge in [-0.25, -0.2) is 19.0 Å². The first-order chi connectivity index (χ1) is 29.6. The summed E-state index contributed by atoms with van der Waals surface area (Å²) in [4.78, 5) is 51.5. The summed E-state index contributed by atoms with van der Waals surface area (Å²) in [6.45, 7) is 15.9. The van der Waals surface area contributed by atoms with Crippen molar-refractivity contribution < 1.29 is 0 Å². The molecule has 0 aromatic carbocycles. The van der Waals surface area contributed by atoms with Crippen LogP contribution in [0.1, 0.15) is 49.5 Å². The van der Waals surface area contributed by atoms with Crippen LogP contribution in [0.3, 0.4) is 0 Å². The van der Waals surface area contributed by atoms with Gasteiger partial charge in [0.1, 0.15) is 22.7 Å². The zero-order chi connectivity index (χ0) is 42.2. The second-order valence-corrected chi connectivity index (χ2v) is 16.1. The minimum atomic E-state index is -0.105. The van der Waals surface area contributed by atoms with Gasteiger partial charge >= 0.3 is 0 Å². The lowest BCUT2D eigenvalue weighted by atomic mass is 10.2. The van der Waals surface area contributed by atoms with Gasteiger partial charge in [-0.3, -0.25) is 28.4 Å². The third-order valence-corrected chi connectivity index (χ3v) is 11.4. The summed E-state index contributed by atoms with van der Waals surface area (Å²) in [7, 11) is 2.13. The van der Waals surface area contributed by atoms with Crippen LogP contribution in [0, 0.1) is 13.8 Å². The molecule has 0 amide bonds. The molecule has 10 rings (SSSR count). The summed E-state index contributed by atoms with van der Waals surface area (Å²) < 4.78 is 6.94. The van der Waals surface area contributed by atoms with Crippen LogP contribution >= 0.6 is 0 Å². The molecule has 0 bridgehead atoms. The molecular weight excluding hydrogens is 769 g/mol. The molecule has 2 fully saturated rings. The van der Waals surface area contributed by atoms with Crippen LogP contribution in [-0.4, -0.2) is 112 Å². The molecule has 2 aliphatic heterocycles. The van der Waals surface area contributed by atoms with Crippen LogP contribution < -0.4 is 26.2 Å². The highest BCUT2D eigenvalue weighted by molar-refractivity contribution is 5.68. The van der Waals surface area contributed by atoms with Crippen molar-refractivity contribution in [2.75, 3.05) is 69.2 Å². The van der Waals surface area contributed by atoms with Crippen LogP contribution in [0.25, 0.3) is 45.1 Å². The molecule has 61 heavy (non-hydrogen) atoms. The van der Waals surface area contributed by atoms with E-state index in [-0.39, 0.29) is 11.1 Å². The van der Waals surface area contributed by atoms with E-state index in [4.69, 9.17) is 9.97 Å². The summed E-state index contributed by atoms with van der Waals surface area (Å²) >= 11 is 0. The normalized spacial score (nSPS) is 15.0. The molecule has 10 heterocycles. The molecule has 2 saturated heterocycles. The first-order valence-corrected chi connectivity index (χ1v) is 21.3. The maximum atomic E-state index is 12.9. The molecule has 314 valence electrons. The predicted octanol–water partition coefficient (Wildman–Crippen LogP) is 4.49. The number of fused-ring (bicyclic) bond motifs is 4. The third-order valence-electron chi connectivity index (χ3n) is 11.4. The average molecular weight is 821 g/mol. The lowest BCUT2D eigenvalue weighted by Crippen LogP contribution is -2.44. The van der Waals surface area contributed by atoms with Gasteiger partial charge in [-0.2, -0.15) is 10.2 Å². The minimum absolute atomic E-state index is 0.101. The maximum absolute atomic E-state index is 12.9. The second-order valence-electron chi connectivity index (χ2n) is 16.1. The largest absolute Gasteiger partial charge is 0.368 e. The van der Waals surface area contributed by atoms with E-state index in [0.29, 0.717) is 34.1 Å². The number of aryl methyl sites for hydroxylation is 4. The highest BCUT2D eigenvalue weighted by Gasteiger charge is 2.18. The van der Waals surface area contributed by atoms with E-state index in [1.165, 1.54) is 0 Å². The van der Waals surface area contributed by atoms with Gasteiger partial charge in [0.2, 0.25) is 0 Å². The van der Waals surface area contributed by atoms with Crippen molar-refractivity contribution in [3.63, 3.8) is 0 Å². The van der Waals surface area contributed by atoms with Crippen LogP contribution in [0.2, 0.25) is 0 Å². The van der Waals surface area contributed by atoms with Crippen molar-refractivity contribution in [1.82, 2.24) is 58.2 Å². The summed E-state index contributed by atoms with van der Waals surface area (Å²) in [6, 6.07) is 15.0. The Morgan fingerprint density at radius 3 is 1.48 bits per heavy atom. The monoisotopic (exact) mass is 820 g/mol. The predicted molar refractivity (Wildman–Crippen MR) is 239 cm³/mol. The van der Waals surface area contributed by atoms with E-state index < -0.39 is 0 Å². The summed E-state index contributed by atoms with van der Waals surface area (Å²) in [5.74, 6) is 0. The minimum Gasteiger partial charge on any atom is -0.368 e. The molecular formula is C45H52N14O2. The van der Waals surface area contributed by atoms with E-state index in [9.17, 15) is 9.59 Å². The Labute approximate surface area is 353 Å². The van der Waals surface area contributed by atoms with E-state index in [0.717, 1.165) is 123 Å². The van der Waals surface area contributed by atoms with Crippen molar-refractivity contribution >= 4 is 33.7 Å². The highest BCUT2D eigenvalue weighted by atomic mass is 16.1.